The molecular weight excluding hydrogens is 340 g/mol. The number of anilines is 2. The third-order valence-electron chi connectivity index (χ3n) is 5.15. The third-order valence-corrected chi connectivity index (χ3v) is 5.15. The van der Waals surface area contributed by atoms with Crippen molar-refractivity contribution in [2.45, 2.75) is 26.7 Å². The molecular formula is C21H26N4O2. The van der Waals surface area contributed by atoms with E-state index in [-0.39, 0.29) is 0 Å². The highest BCUT2D eigenvalue weighted by Gasteiger charge is 2.21. The first-order valence-corrected chi connectivity index (χ1v) is 9.34. The maximum Gasteiger partial charge on any atom is 0.313 e. The van der Waals surface area contributed by atoms with Crippen LogP contribution in [0.25, 0.3) is 0 Å². The lowest BCUT2D eigenvalue weighted by Gasteiger charge is -2.33. The monoisotopic (exact) mass is 366 g/mol. The van der Waals surface area contributed by atoms with E-state index < -0.39 is 11.8 Å². The summed E-state index contributed by atoms with van der Waals surface area (Å²) >= 11 is 0. The van der Waals surface area contributed by atoms with Crippen LogP contribution < -0.4 is 15.5 Å². The molecule has 0 aliphatic carbocycles. The number of aryl methyl sites for hydroxylation is 2. The molecule has 0 radical (unpaired) electrons. The Morgan fingerprint density at radius 1 is 1.11 bits per heavy atom. The van der Waals surface area contributed by atoms with Gasteiger partial charge < -0.3 is 15.5 Å². The maximum atomic E-state index is 12.1. The van der Waals surface area contributed by atoms with Crippen LogP contribution in [0.5, 0.6) is 0 Å². The number of benzene rings is 1. The van der Waals surface area contributed by atoms with E-state index >= 15 is 0 Å². The minimum atomic E-state index is -0.619. The minimum absolute atomic E-state index is 0.385. The Labute approximate surface area is 160 Å². The molecule has 1 aliphatic rings. The number of carbonyl (C=O) groups excluding carboxylic acids is 2. The van der Waals surface area contributed by atoms with Crippen molar-refractivity contribution < 1.29 is 9.59 Å². The number of nitrogens with one attached hydrogen (secondary N) is 2. The van der Waals surface area contributed by atoms with Gasteiger partial charge in [-0.3, -0.25) is 14.6 Å². The van der Waals surface area contributed by atoms with E-state index in [2.05, 4.69) is 26.6 Å². The second-order valence-electron chi connectivity index (χ2n) is 7.10. The lowest BCUT2D eigenvalue weighted by molar-refractivity contribution is -0.136. The molecule has 1 aromatic carbocycles. The molecule has 2 aromatic rings. The normalized spacial score (nSPS) is 14.7. The van der Waals surface area contributed by atoms with Crippen LogP contribution in [0.3, 0.4) is 0 Å². The predicted octanol–water partition coefficient (Wildman–Crippen LogP) is 2.67. The van der Waals surface area contributed by atoms with Crippen LogP contribution in [0, 0.1) is 19.8 Å². The van der Waals surface area contributed by atoms with Crippen molar-refractivity contribution >= 4 is 23.2 Å². The van der Waals surface area contributed by atoms with Crippen LogP contribution in [0.15, 0.2) is 42.7 Å². The Bertz CT molecular complexity index is 799. The molecule has 0 bridgehead atoms. The van der Waals surface area contributed by atoms with E-state index in [1.165, 1.54) is 0 Å². The fourth-order valence-corrected chi connectivity index (χ4v) is 3.26. The molecule has 0 unspecified atom stereocenters. The molecule has 0 spiro atoms. The minimum Gasteiger partial charge on any atom is -0.370 e. The number of piperidine rings is 1. The van der Waals surface area contributed by atoms with Crippen LogP contribution >= 0.6 is 0 Å². The highest BCUT2D eigenvalue weighted by Crippen LogP contribution is 2.22. The summed E-state index contributed by atoms with van der Waals surface area (Å²) in [5, 5.41) is 5.43. The molecule has 142 valence electrons. The Morgan fingerprint density at radius 3 is 2.56 bits per heavy atom. The topological polar surface area (TPSA) is 74.3 Å². The lowest BCUT2D eigenvalue weighted by atomic mass is 9.96. The summed E-state index contributed by atoms with van der Waals surface area (Å²) in [6, 6.07) is 9.61. The first-order valence-electron chi connectivity index (χ1n) is 9.34. The number of pyridine rings is 1. The van der Waals surface area contributed by atoms with Gasteiger partial charge in [0.25, 0.3) is 0 Å². The van der Waals surface area contributed by atoms with E-state index in [1.54, 1.807) is 6.20 Å². The summed E-state index contributed by atoms with van der Waals surface area (Å²) < 4.78 is 0. The number of hydrogen-bond donors (Lipinski definition) is 2. The zero-order chi connectivity index (χ0) is 19.2. The number of rotatable bonds is 4. The van der Waals surface area contributed by atoms with Gasteiger partial charge in [0, 0.05) is 31.5 Å². The van der Waals surface area contributed by atoms with Crippen molar-refractivity contribution in [3.05, 3.63) is 53.9 Å². The maximum absolute atomic E-state index is 12.1. The molecule has 0 atom stereocenters. The van der Waals surface area contributed by atoms with Crippen LogP contribution in [0.2, 0.25) is 0 Å². The summed E-state index contributed by atoms with van der Waals surface area (Å²) in [5.74, 6) is -0.815. The van der Waals surface area contributed by atoms with Gasteiger partial charge in [-0.05, 0) is 68.0 Å². The summed E-state index contributed by atoms with van der Waals surface area (Å²) in [6.07, 6.45) is 5.61. The van der Waals surface area contributed by atoms with Crippen molar-refractivity contribution in [1.82, 2.24) is 10.3 Å². The van der Waals surface area contributed by atoms with Crippen molar-refractivity contribution in [2.75, 3.05) is 29.9 Å². The SMILES string of the molecule is Cc1ccc(NC(=O)C(=O)NCC2CCN(c3cccnc3)CC2)cc1C. The van der Waals surface area contributed by atoms with E-state index in [1.807, 2.05) is 44.3 Å². The summed E-state index contributed by atoms with van der Waals surface area (Å²) in [4.78, 5) is 30.6. The first kappa shape index (κ1) is 18.9. The second-order valence-corrected chi connectivity index (χ2v) is 7.10. The molecule has 1 aliphatic heterocycles. The van der Waals surface area contributed by atoms with Crippen molar-refractivity contribution in [1.29, 1.82) is 0 Å². The molecule has 2 N–H and O–H groups in total. The van der Waals surface area contributed by atoms with E-state index in [0.29, 0.717) is 18.2 Å². The van der Waals surface area contributed by atoms with E-state index in [4.69, 9.17) is 0 Å². The summed E-state index contributed by atoms with van der Waals surface area (Å²) in [6.45, 7) is 6.37. The number of nitrogens with zero attached hydrogens (tertiary/aromatic N) is 2. The predicted molar refractivity (Wildman–Crippen MR) is 107 cm³/mol. The average molecular weight is 366 g/mol. The molecule has 1 fully saturated rings. The highest BCUT2D eigenvalue weighted by molar-refractivity contribution is 6.39. The Kier molecular flexibility index (Phi) is 6.06. The quantitative estimate of drug-likeness (QED) is 0.816. The fraction of sp³-hybridized carbons (Fsp3) is 0.381. The lowest BCUT2D eigenvalue weighted by Crippen LogP contribution is -2.41. The Balaban J connectivity index is 1.42. The molecule has 1 aromatic heterocycles. The first-order chi connectivity index (χ1) is 13.0. The zero-order valence-electron chi connectivity index (χ0n) is 15.9. The van der Waals surface area contributed by atoms with Gasteiger partial charge >= 0.3 is 11.8 Å². The third kappa shape index (κ3) is 5.06. The number of hydrogen-bond acceptors (Lipinski definition) is 4. The van der Waals surface area contributed by atoms with Crippen LogP contribution in [-0.4, -0.2) is 36.4 Å². The van der Waals surface area contributed by atoms with E-state index in [9.17, 15) is 9.59 Å². The largest absolute Gasteiger partial charge is 0.370 e. The van der Waals surface area contributed by atoms with Crippen LogP contribution in [-0.2, 0) is 9.59 Å². The van der Waals surface area contributed by atoms with Crippen molar-refractivity contribution in [3.8, 4) is 0 Å². The fourth-order valence-electron chi connectivity index (χ4n) is 3.26. The van der Waals surface area contributed by atoms with Crippen LogP contribution in [0.4, 0.5) is 11.4 Å². The highest BCUT2D eigenvalue weighted by atomic mass is 16.2. The summed E-state index contributed by atoms with van der Waals surface area (Å²) in [5.41, 5.74) is 4.00. The molecule has 6 heteroatoms. The van der Waals surface area contributed by atoms with Gasteiger partial charge in [-0.2, -0.15) is 0 Å². The molecule has 3 rings (SSSR count). The standard InChI is InChI=1S/C21H26N4O2/c1-15-5-6-18(12-16(15)2)24-21(27)20(26)23-13-17-7-10-25(11-8-17)19-4-3-9-22-14-19/h3-6,9,12,14,17H,7-8,10-11,13H2,1-2H3,(H,23,26)(H,24,27). The second kappa shape index (κ2) is 8.66. The number of aromatic nitrogens is 1. The van der Waals surface area contributed by atoms with E-state index in [0.717, 1.165) is 42.7 Å². The zero-order valence-corrected chi connectivity index (χ0v) is 15.9. The van der Waals surface area contributed by atoms with Gasteiger partial charge in [0.15, 0.2) is 0 Å². The van der Waals surface area contributed by atoms with Gasteiger partial charge in [0.05, 0.1) is 11.9 Å². The Morgan fingerprint density at radius 2 is 1.89 bits per heavy atom. The Hall–Kier alpha value is -2.89. The van der Waals surface area contributed by atoms with Gasteiger partial charge in [-0.25, -0.2) is 0 Å². The molecule has 2 amide bonds. The van der Waals surface area contributed by atoms with Crippen molar-refractivity contribution in [2.24, 2.45) is 5.92 Å². The summed E-state index contributed by atoms with van der Waals surface area (Å²) in [7, 11) is 0. The molecule has 6 nitrogen and oxygen atoms in total. The van der Waals surface area contributed by atoms with Gasteiger partial charge in [-0.15, -0.1) is 0 Å². The number of carbonyl (C=O) groups is 2. The van der Waals surface area contributed by atoms with Gasteiger partial charge in [0.1, 0.15) is 0 Å². The molecule has 0 saturated carbocycles. The van der Waals surface area contributed by atoms with Crippen molar-refractivity contribution in [3.63, 3.8) is 0 Å². The smallest absolute Gasteiger partial charge is 0.313 e. The average Bonchev–Trinajstić information content (AvgIpc) is 2.70. The molecule has 2 heterocycles. The van der Waals surface area contributed by atoms with Gasteiger partial charge in [0.2, 0.25) is 0 Å². The van der Waals surface area contributed by atoms with Gasteiger partial charge in [-0.1, -0.05) is 6.07 Å². The number of amides is 2. The molecule has 27 heavy (non-hydrogen) atoms. The van der Waals surface area contributed by atoms with Crippen LogP contribution in [0.1, 0.15) is 24.0 Å². The molecule has 1 saturated heterocycles.